The first-order valence-corrected chi connectivity index (χ1v) is 6.43. The zero-order chi connectivity index (χ0) is 13.8. The number of halogens is 1. The summed E-state index contributed by atoms with van der Waals surface area (Å²) in [5.74, 6) is -0.225. The number of benzene rings is 1. The van der Waals surface area contributed by atoms with Gasteiger partial charge in [-0.05, 0) is 31.2 Å². The summed E-state index contributed by atoms with van der Waals surface area (Å²) in [5, 5.41) is 3.84. The maximum atomic E-state index is 11.9. The topological polar surface area (TPSA) is 58.6 Å². The molecule has 0 saturated carbocycles. The SMILES string of the molecule is CC(CC(=O)N1CCOC1=O)Nc1ccc(Cl)cc1. The van der Waals surface area contributed by atoms with E-state index in [1.54, 1.807) is 12.1 Å². The number of amides is 2. The van der Waals surface area contributed by atoms with Crippen LogP contribution in [-0.2, 0) is 9.53 Å². The first-order chi connectivity index (χ1) is 9.06. The van der Waals surface area contributed by atoms with Crippen LogP contribution in [0, 0.1) is 0 Å². The molecule has 0 aliphatic carbocycles. The fraction of sp³-hybridized carbons (Fsp3) is 0.385. The molecule has 5 nitrogen and oxygen atoms in total. The molecule has 6 heteroatoms. The number of carbonyl (C=O) groups excluding carboxylic acids is 2. The maximum Gasteiger partial charge on any atom is 0.416 e. The second-order valence-electron chi connectivity index (χ2n) is 4.42. The highest BCUT2D eigenvalue weighted by Crippen LogP contribution is 2.15. The molecule has 1 aliphatic heterocycles. The van der Waals surface area contributed by atoms with E-state index in [2.05, 4.69) is 5.32 Å². The monoisotopic (exact) mass is 282 g/mol. The van der Waals surface area contributed by atoms with Crippen molar-refractivity contribution in [1.82, 2.24) is 4.90 Å². The number of rotatable bonds is 4. The van der Waals surface area contributed by atoms with E-state index in [1.165, 1.54) is 0 Å². The number of cyclic esters (lactones) is 1. The highest BCUT2D eigenvalue weighted by Gasteiger charge is 2.28. The van der Waals surface area contributed by atoms with Gasteiger partial charge in [-0.3, -0.25) is 4.79 Å². The van der Waals surface area contributed by atoms with Crippen LogP contribution in [-0.4, -0.2) is 36.1 Å². The van der Waals surface area contributed by atoms with Crippen LogP contribution in [0.2, 0.25) is 5.02 Å². The third kappa shape index (κ3) is 3.61. The fourth-order valence-electron chi connectivity index (χ4n) is 1.87. The van der Waals surface area contributed by atoms with Gasteiger partial charge in [-0.25, -0.2) is 9.69 Å². The molecule has 1 aliphatic rings. The van der Waals surface area contributed by atoms with Gasteiger partial charge in [-0.2, -0.15) is 0 Å². The summed E-state index contributed by atoms with van der Waals surface area (Å²) in [6.45, 7) is 2.50. The van der Waals surface area contributed by atoms with Gasteiger partial charge in [0, 0.05) is 23.2 Å². The molecule has 2 rings (SSSR count). The molecule has 2 amide bonds. The van der Waals surface area contributed by atoms with Crippen molar-refractivity contribution in [1.29, 1.82) is 0 Å². The molecule has 1 aromatic rings. The van der Waals surface area contributed by atoms with Crippen LogP contribution >= 0.6 is 11.6 Å². The van der Waals surface area contributed by atoms with Crippen molar-refractivity contribution in [2.24, 2.45) is 0 Å². The van der Waals surface area contributed by atoms with Crippen molar-refractivity contribution in [2.45, 2.75) is 19.4 Å². The zero-order valence-corrected chi connectivity index (χ0v) is 11.3. The predicted octanol–water partition coefficient (Wildman–Crippen LogP) is 2.51. The molecule has 1 heterocycles. The Morgan fingerprint density at radius 1 is 1.47 bits per heavy atom. The van der Waals surface area contributed by atoms with Crippen LogP contribution in [0.1, 0.15) is 13.3 Å². The first-order valence-electron chi connectivity index (χ1n) is 6.05. The molecular formula is C13H15ClN2O3. The van der Waals surface area contributed by atoms with Crippen LogP contribution in [0.15, 0.2) is 24.3 Å². The second kappa shape index (κ2) is 5.93. The number of anilines is 1. The normalized spacial score (nSPS) is 16.1. The lowest BCUT2D eigenvalue weighted by atomic mass is 10.2. The van der Waals surface area contributed by atoms with E-state index in [-0.39, 0.29) is 25.0 Å². The number of ether oxygens (including phenoxy) is 1. The van der Waals surface area contributed by atoms with Crippen LogP contribution in [0.25, 0.3) is 0 Å². The molecule has 19 heavy (non-hydrogen) atoms. The van der Waals surface area contributed by atoms with Crippen molar-refractivity contribution in [3.63, 3.8) is 0 Å². The Balaban J connectivity index is 1.87. The quantitative estimate of drug-likeness (QED) is 0.922. The standard InChI is InChI=1S/C13H15ClN2O3/c1-9(15-11-4-2-10(14)3-5-11)8-12(17)16-6-7-19-13(16)18/h2-5,9,15H,6-8H2,1H3. The Labute approximate surface area is 116 Å². The van der Waals surface area contributed by atoms with E-state index in [9.17, 15) is 9.59 Å². The van der Waals surface area contributed by atoms with Crippen LogP contribution in [0.3, 0.4) is 0 Å². The van der Waals surface area contributed by atoms with Gasteiger partial charge in [0.15, 0.2) is 0 Å². The van der Waals surface area contributed by atoms with Gasteiger partial charge < -0.3 is 10.1 Å². The van der Waals surface area contributed by atoms with E-state index >= 15 is 0 Å². The van der Waals surface area contributed by atoms with Crippen molar-refractivity contribution < 1.29 is 14.3 Å². The predicted molar refractivity (Wildman–Crippen MR) is 72.2 cm³/mol. The number of imide groups is 1. The Bertz CT molecular complexity index is 475. The largest absolute Gasteiger partial charge is 0.447 e. The van der Waals surface area contributed by atoms with Crippen molar-refractivity contribution in [2.75, 3.05) is 18.5 Å². The molecule has 0 radical (unpaired) electrons. The highest BCUT2D eigenvalue weighted by molar-refractivity contribution is 6.30. The summed E-state index contributed by atoms with van der Waals surface area (Å²) in [6, 6.07) is 7.15. The molecular weight excluding hydrogens is 268 g/mol. The van der Waals surface area contributed by atoms with E-state index in [1.807, 2.05) is 19.1 Å². The molecule has 0 bridgehead atoms. The minimum atomic E-state index is -0.552. The fourth-order valence-corrected chi connectivity index (χ4v) is 2.00. The third-order valence-electron chi connectivity index (χ3n) is 2.80. The minimum absolute atomic E-state index is 0.0814. The Kier molecular flexibility index (Phi) is 4.27. The smallest absolute Gasteiger partial charge is 0.416 e. The molecule has 1 atom stereocenters. The van der Waals surface area contributed by atoms with Crippen molar-refractivity contribution in [3.05, 3.63) is 29.3 Å². The first kappa shape index (κ1) is 13.7. The summed E-state index contributed by atoms with van der Waals surface area (Å²) < 4.78 is 4.73. The van der Waals surface area contributed by atoms with Gasteiger partial charge in [-0.1, -0.05) is 11.6 Å². The Morgan fingerprint density at radius 3 is 2.74 bits per heavy atom. The van der Waals surface area contributed by atoms with Gasteiger partial charge in [0.05, 0.1) is 6.54 Å². The maximum absolute atomic E-state index is 11.9. The van der Waals surface area contributed by atoms with Gasteiger partial charge >= 0.3 is 6.09 Å². The summed E-state index contributed by atoms with van der Waals surface area (Å²) in [6.07, 6.45) is -0.318. The summed E-state index contributed by atoms with van der Waals surface area (Å²) >= 11 is 5.79. The number of nitrogens with zero attached hydrogens (tertiary/aromatic N) is 1. The van der Waals surface area contributed by atoms with Crippen LogP contribution in [0.5, 0.6) is 0 Å². The number of nitrogens with one attached hydrogen (secondary N) is 1. The lowest BCUT2D eigenvalue weighted by Gasteiger charge is -2.17. The summed E-state index contributed by atoms with van der Waals surface area (Å²) in [4.78, 5) is 24.3. The Morgan fingerprint density at radius 2 is 2.16 bits per heavy atom. The molecule has 1 fully saturated rings. The lowest BCUT2D eigenvalue weighted by molar-refractivity contribution is -0.127. The van der Waals surface area contributed by atoms with Gasteiger partial charge in [0.2, 0.25) is 5.91 Å². The minimum Gasteiger partial charge on any atom is -0.447 e. The third-order valence-corrected chi connectivity index (χ3v) is 3.05. The van der Waals surface area contributed by atoms with Gasteiger partial charge in [-0.15, -0.1) is 0 Å². The van der Waals surface area contributed by atoms with E-state index in [0.29, 0.717) is 11.6 Å². The molecule has 0 aromatic heterocycles. The van der Waals surface area contributed by atoms with E-state index < -0.39 is 6.09 Å². The second-order valence-corrected chi connectivity index (χ2v) is 4.85. The average Bonchev–Trinajstić information content (AvgIpc) is 2.78. The molecule has 1 aromatic carbocycles. The molecule has 102 valence electrons. The van der Waals surface area contributed by atoms with Crippen LogP contribution in [0.4, 0.5) is 10.5 Å². The lowest BCUT2D eigenvalue weighted by Crippen LogP contribution is -2.35. The number of carbonyl (C=O) groups is 2. The van der Waals surface area contributed by atoms with Crippen molar-refractivity contribution >= 4 is 29.3 Å². The van der Waals surface area contributed by atoms with Gasteiger partial charge in [0.25, 0.3) is 0 Å². The summed E-state index contributed by atoms with van der Waals surface area (Å²) in [5.41, 5.74) is 0.883. The number of hydrogen-bond donors (Lipinski definition) is 1. The average molecular weight is 283 g/mol. The Hall–Kier alpha value is -1.75. The molecule has 1 unspecified atom stereocenters. The molecule has 1 saturated heterocycles. The van der Waals surface area contributed by atoms with E-state index in [0.717, 1.165) is 10.6 Å². The van der Waals surface area contributed by atoms with E-state index in [4.69, 9.17) is 16.3 Å². The zero-order valence-electron chi connectivity index (χ0n) is 10.6. The highest BCUT2D eigenvalue weighted by atomic mass is 35.5. The van der Waals surface area contributed by atoms with Crippen molar-refractivity contribution in [3.8, 4) is 0 Å². The van der Waals surface area contributed by atoms with Gasteiger partial charge in [0.1, 0.15) is 6.61 Å². The molecule has 0 spiro atoms. The summed E-state index contributed by atoms with van der Waals surface area (Å²) in [7, 11) is 0. The van der Waals surface area contributed by atoms with Crippen LogP contribution < -0.4 is 5.32 Å². The number of hydrogen-bond acceptors (Lipinski definition) is 4. The molecule has 1 N–H and O–H groups in total.